The first-order chi connectivity index (χ1) is 11.1. The summed E-state index contributed by atoms with van der Waals surface area (Å²) >= 11 is 5.64. The fourth-order valence-electron chi connectivity index (χ4n) is 2.42. The highest BCUT2D eigenvalue weighted by Crippen LogP contribution is 2.19. The van der Waals surface area contributed by atoms with Gasteiger partial charge in [0, 0.05) is 42.6 Å². The highest BCUT2D eigenvalue weighted by Gasteiger charge is 2.08. The van der Waals surface area contributed by atoms with E-state index in [1.54, 1.807) is 12.1 Å². The van der Waals surface area contributed by atoms with Gasteiger partial charge in [-0.1, -0.05) is 16.8 Å². The molecule has 0 spiro atoms. The number of benzene rings is 1. The Morgan fingerprint density at radius 2 is 2.22 bits per heavy atom. The summed E-state index contributed by atoms with van der Waals surface area (Å²) in [6, 6.07) is 6.21. The maximum Gasteiger partial charge on any atom is 0.220 e. The second-order valence-electron chi connectivity index (χ2n) is 5.22. The van der Waals surface area contributed by atoms with Crippen LogP contribution in [0, 0.1) is 5.82 Å². The zero-order valence-electron chi connectivity index (χ0n) is 12.2. The van der Waals surface area contributed by atoms with E-state index < -0.39 is 0 Å². The predicted octanol–water partition coefficient (Wildman–Crippen LogP) is 3.24. The number of halogens is 2. The van der Waals surface area contributed by atoms with E-state index in [0.29, 0.717) is 31.6 Å². The summed E-state index contributed by atoms with van der Waals surface area (Å²) in [4.78, 5) is 14.9. The van der Waals surface area contributed by atoms with Crippen molar-refractivity contribution in [2.24, 2.45) is 0 Å². The molecule has 2 N–H and O–H groups in total. The highest BCUT2D eigenvalue weighted by atomic mass is 35.5. The molecular formula is C16H15ClFN3O2. The lowest BCUT2D eigenvalue weighted by molar-refractivity contribution is -0.121. The van der Waals surface area contributed by atoms with E-state index in [2.05, 4.69) is 15.5 Å². The third-order valence-electron chi connectivity index (χ3n) is 3.57. The number of aromatic nitrogens is 2. The number of nitrogens with zero attached hydrogens (tertiary/aromatic N) is 1. The van der Waals surface area contributed by atoms with Crippen LogP contribution in [0.1, 0.15) is 17.7 Å². The van der Waals surface area contributed by atoms with Crippen LogP contribution in [0.4, 0.5) is 4.39 Å². The SMILES string of the molecule is O=C(CCc1cc(Cl)no1)NCCc1c[nH]c2ccc(F)cc12. The molecule has 0 aliphatic rings. The molecule has 1 amide bonds. The minimum absolute atomic E-state index is 0.0801. The van der Waals surface area contributed by atoms with Crippen molar-refractivity contribution in [1.29, 1.82) is 0 Å². The van der Waals surface area contributed by atoms with Gasteiger partial charge in [0.1, 0.15) is 11.6 Å². The lowest BCUT2D eigenvalue weighted by atomic mass is 10.1. The molecule has 0 fully saturated rings. The second kappa shape index (κ2) is 6.83. The molecule has 0 unspecified atom stereocenters. The van der Waals surface area contributed by atoms with Crippen molar-refractivity contribution in [3.63, 3.8) is 0 Å². The summed E-state index contributed by atoms with van der Waals surface area (Å²) in [7, 11) is 0. The molecule has 0 saturated carbocycles. The second-order valence-corrected chi connectivity index (χ2v) is 5.61. The van der Waals surface area contributed by atoms with Crippen molar-refractivity contribution in [3.05, 3.63) is 52.8 Å². The largest absolute Gasteiger partial charge is 0.361 e. The molecule has 0 radical (unpaired) electrons. The number of fused-ring (bicyclic) bond motifs is 1. The normalized spacial score (nSPS) is 11.0. The lowest BCUT2D eigenvalue weighted by Gasteiger charge is -2.04. The van der Waals surface area contributed by atoms with Gasteiger partial charge in [-0.25, -0.2) is 4.39 Å². The summed E-state index contributed by atoms with van der Waals surface area (Å²) in [6.07, 6.45) is 3.22. The zero-order chi connectivity index (χ0) is 16.2. The topological polar surface area (TPSA) is 70.9 Å². The van der Waals surface area contributed by atoms with E-state index in [0.717, 1.165) is 16.5 Å². The van der Waals surface area contributed by atoms with E-state index in [1.165, 1.54) is 12.1 Å². The van der Waals surface area contributed by atoms with Crippen LogP contribution >= 0.6 is 11.6 Å². The maximum atomic E-state index is 13.3. The summed E-state index contributed by atoms with van der Waals surface area (Å²) in [5.41, 5.74) is 1.86. The number of amides is 1. The monoisotopic (exact) mass is 335 g/mol. The van der Waals surface area contributed by atoms with E-state index in [4.69, 9.17) is 16.1 Å². The number of aromatic amines is 1. The molecule has 0 atom stereocenters. The fourth-order valence-corrected chi connectivity index (χ4v) is 2.58. The summed E-state index contributed by atoms with van der Waals surface area (Å²) in [5.74, 6) is 0.230. The number of hydrogen-bond acceptors (Lipinski definition) is 3. The smallest absolute Gasteiger partial charge is 0.220 e. The molecule has 0 aliphatic heterocycles. The van der Waals surface area contributed by atoms with Gasteiger partial charge >= 0.3 is 0 Å². The Balaban J connectivity index is 1.48. The molecule has 5 nitrogen and oxygen atoms in total. The Morgan fingerprint density at radius 1 is 1.35 bits per heavy atom. The molecule has 1 aromatic carbocycles. The third-order valence-corrected chi connectivity index (χ3v) is 3.75. The van der Waals surface area contributed by atoms with Crippen molar-refractivity contribution in [1.82, 2.24) is 15.5 Å². The Kier molecular flexibility index (Phi) is 4.62. The van der Waals surface area contributed by atoms with Gasteiger partial charge in [-0.2, -0.15) is 0 Å². The van der Waals surface area contributed by atoms with Gasteiger partial charge in [-0.3, -0.25) is 4.79 Å². The molecule has 0 aliphatic carbocycles. The number of hydrogen-bond donors (Lipinski definition) is 2. The molecule has 2 heterocycles. The molecule has 7 heteroatoms. The molecule has 23 heavy (non-hydrogen) atoms. The zero-order valence-corrected chi connectivity index (χ0v) is 13.0. The van der Waals surface area contributed by atoms with E-state index in [1.807, 2.05) is 6.20 Å². The molecule has 3 aromatic rings. The number of carbonyl (C=O) groups excluding carboxylic acids is 1. The van der Waals surface area contributed by atoms with Crippen LogP contribution in [0.25, 0.3) is 10.9 Å². The van der Waals surface area contributed by atoms with Crippen LogP contribution in [0.2, 0.25) is 5.15 Å². The molecule has 2 aromatic heterocycles. The number of carbonyl (C=O) groups is 1. The van der Waals surface area contributed by atoms with Crippen LogP contribution in [0.15, 0.2) is 35.0 Å². The van der Waals surface area contributed by atoms with Crippen molar-refractivity contribution in [2.75, 3.05) is 6.54 Å². The predicted molar refractivity (Wildman–Crippen MR) is 84.8 cm³/mol. The van der Waals surface area contributed by atoms with Crippen LogP contribution in [0.5, 0.6) is 0 Å². The quantitative estimate of drug-likeness (QED) is 0.726. The Labute approximate surface area is 136 Å². The van der Waals surface area contributed by atoms with Crippen LogP contribution in [-0.4, -0.2) is 22.6 Å². The number of aryl methyl sites for hydroxylation is 1. The Bertz CT molecular complexity index is 828. The highest BCUT2D eigenvalue weighted by molar-refractivity contribution is 6.29. The van der Waals surface area contributed by atoms with Crippen molar-refractivity contribution in [2.45, 2.75) is 19.3 Å². The first kappa shape index (κ1) is 15.6. The van der Waals surface area contributed by atoms with Gasteiger partial charge < -0.3 is 14.8 Å². The van der Waals surface area contributed by atoms with Gasteiger partial charge in [0.05, 0.1) is 0 Å². The summed E-state index contributed by atoms with van der Waals surface area (Å²) in [5, 5.41) is 7.51. The average Bonchev–Trinajstić information content (AvgIpc) is 3.12. The maximum absolute atomic E-state index is 13.3. The van der Waals surface area contributed by atoms with Gasteiger partial charge in [0.15, 0.2) is 5.15 Å². The van der Waals surface area contributed by atoms with Crippen molar-refractivity contribution >= 4 is 28.4 Å². The standard InChI is InChI=1S/C16H15ClFN3O2/c17-15-8-12(23-21-15)2-4-16(22)19-6-5-10-9-20-14-3-1-11(18)7-13(10)14/h1,3,7-9,20H,2,4-6H2,(H,19,22). The summed E-state index contributed by atoms with van der Waals surface area (Å²) in [6.45, 7) is 0.486. The molecule has 0 saturated heterocycles. The van der Waals surface area contributed by atoms with E-state index in [-0.39, 0.29) is 16.9 Å². The number of rotatable bonds is 6. The Hall–Kier alpha value is -2.34. The molecule has 120 valence electrons. The van der Waals surface area contributed by atoms with Crippen molar-refractivity contribution < 1.29 is 13.7 Å². The van der Waals surface area contributed by atoms with Gasteiger partial charge in [0.2, 0.25) is 5.91 Å². The summed E-state index contributed by atoms with van der Waals surface area (Å²) < 4.78 is 18.2. The van der Waals surface area contributed by atoms with Crippen LogP contribution in [0.3, 0.4) is 0 Å². The van der Waals surface area contributed by atoms with Gasteiger partial charge in [-0.05, 0) is 30.2 Å². The average molecular weight is 336 g/mol. The molecule has 0 bridgehead atoms. The van der Waals surface area contributed by atoms with Gasteiger partial charge in [-0.15, -0.1) is 0 Å². The van der Waals surface area contributed by atoms with E-state index in [9.17, 15) is 9.18 Å². The number of nitrogens with one attached hydrogen (secondary N) is 2. The van der Waals surface area contributed by atoms with E-state index >= 15 is 0 Å². The minimum Gasteiger partial charge on any atom is -0.361 e. The van der Waals surface area contributed by atoms with Crippen molar-refractivity contribution in [3.8, 4) is 0 Å². The minimum atomic E-state index is -0.270. The van der Waals surface area contributed by atoms with Crippen LogP contribution < -0.4 is 5.32 Å². The first-order valence-corrected chi connectivity index (χ1v) is 7.63. The van der Waals surface area contributed by atoms with Crippen LogP contribution in [-0.2, 0) is 17.6 Å². The molecule has 3 rings (SSSR count). The third kappa shape index (κ3) is 3.90. The van der Waals surface area contributed by atoms with Gasteiger partial charge in [0.25, 0.3) is 0 Å². The number of H-pyrrole nitrogens is 1. The fraction of sp³-hybridized carbons (Fsp3) is 0.250. The molecular weight excluding hydrogens is 321 g/mol. The Morgan fingerprint density at radius 3 is 3.00 bits per heavy atom. The lowest BCUT2D eigenvalue weighted by Crippen LogP contribution is -2.25. The first-order valence-electron chi connectivity index (χ1n) is 7.25.